The summed E-state index contributed by atoms with van der Waals surface area (Å²) in [7, 11) is 1.65. The molecule has 25 heavy (non-hydrogen) atoms. The molecule has 0 aliphatic carbocycles. The van der Waals surface area contributed by atoms with Crippen LogP contribution in [0, 0.1) is 5.92 Å². The number of ether oxygens (including phenoxy) is 1. The van der Waals surface area contributed by atoms with Gasteiger partial charge in [-0.2, -0.15) is 0 Å². The van der Waals surface area contributed by atoms with Gasteiger partial charge >= 0.3 is 0 Å². The molecule has 0 saturated heterocycles. The lowest BCUT2D eigenvalue weighted by Crippen LogP contribution is -2.32. The molecular formula is C20H23N3O2. The van der Waals surface area contributed by atoms with E-state index in [9.17, 15) is 4.79 Å². The molecule has 0 aliphatic heterocycles. The number of carbonyl (C=O) groups excluding carboxylic acids is 1. The molecule has 1 aromatic heterocycles. The summed E-state index contributed by atoms with van der Waals surface area (Å²) < 4.78 is 5.10. The molecular weight excluding hydrogens is 314 g/mol. The third-order valence-corrected chi connectivity index (χ3v) is 4.18. The summed E-state index contributed by atoms with van der Waals surface area (Å²) >= 11 is 0. The Labute approximate surface area is 147 Å². The van der Waals surface area contributed by atoms with Gasteiger partial charge in [0.15, 0.2) is 0 Å². The van der Waals surface area contributed by atoms with Crippen LogP contribution < -0.4 is 5.32 Å². The van der Waals surface area contributed by atoms with E-state index in [0.717, 1.165) is 22.4 Å². The van der Waals surface area contributed by atoms with E-state index in [4.69, 9.17) is 4.74 Å². The van der Waals surface area contributed by atoms with Crippen molar-refractivity contribution in [1.29, 1.82) is 0 Å². The first-order valence-electron chi connectivity index (χ1n) is 8.42. The van der Waals surface area contributed by atoms with E-state index in [1.165, 1.54) is 0 Å². The molecule has 0 spiro atoms. The Morgan fingerprint density at radius 3 is 2.52 bits per heavy atom. The van der Waals surface area contributed by atoms with Crippen molar-refractivity contribution in [2.75, 3.05) is 7.11 Å². The second-order valence-corrected chi connectivity index (χ2v) is 6.46. The van der Waals surface area contributed by atoms with Gasteiger partial charge in [-0.3, -0.25) is 4.79 Å². The van der Waals surface area contributed by atoms with E-state index < -0.39 is 0 Å². The lowest BCUT2D eigenvalue weighted by Gasteiger charge is -2.20. The molecule has 5 nitrogen and oxygen atoms in total. The number of aromatic nitrogens is 2. The summed E-state index contributed by atoms with van der Waals surface area (Å²) in [5, 5.41) is 3.10. The number of nitrogens with zero attached hydrogens (tertiary/aromatic N) is 1. The molecule has 2 aromatic carbocycles. The van der Waals surface area contributed by atoms with Gasteiger partial charge in [0, 0.05) is 12.7 Å². The van der Waals surface area contributed by atoms with Gasteiger partial charge < -0.3 is 15.0 Å². The van der Waals surface area contributed by atoms with E-state index in [0.29, 0.717) is 12.2 Å². The van der Waals surface area contributed by atoms with Crippen molar-refractivity contribution < 1.29 is 9.53 Å². The summed E-state index contributed by atoms with van der Waals surface area (Å²) in [6.07, 6.45) is 0. The van der Waals surface area contributed by atoms with Crippen molar-refractivity contribution in [2.24, 2.45) is 5.92 Å². The summed E-state index contributed by atoms with van der Waals surface area (Å²) in [4.78, 5) is 20.6. The number of imidazole rings is 1. The Morgan fingerprint density at radius 2 is 1.88 bits per heavy atom. The van der Waals surface area contributed by atoms with Gasteiger partial charge in [-0.1, -0.05) is 38.1 Å². The number of H-pyrrole nitrogens is 1. The Kier molecular flexibility index (Phi) is 5.14. The number of rotatable bonds is 6. The number of hydrogen-bond acceptors (Lipinski definition) is 3. The first-order valence-corrected chi connectivity index (χ1v) is 8.42. The van der Waals surface area contributed by atoms with Crippen LogP contribution in [0.1, 0.15) is 41.6 Å². The van der Waals surface area contributed by atoms with E-state index in [2.05, 4.69) is 29.1 Å². The van der Waals surface area contributed by atoms with Crippen molar-refractivity contribution in [3.63, 3.8) is 0 Å². The second-order valence-electron chi connectivity index (χ2n) is 6.46. The molecule has 3 aromatic rings. The second kappa shape index (κ2) is 7.49. The molecule has 2 N–H and O–H groups in total. The van der Waals surface area contributed by atoms with E-state index in [-0.39, 0.29) is 17.9 Å². The minimum absolute atomic E-state index is 0.108. The highest BCUT2D eigenvalue weighted by Crippen LogP contribution is 2.22. The maximum Gasteiger partial charge on any atom is 0.251 e. The van der Waals surface area contributed by atoms with Gasteiger partial charge in [-0.05, 0) is 35.7 Å². The Balaban J connectivity index is 1.80. The summed E-state index contributed by atoms with van der Waals surface area (Å²) in [5.74, 6) is 0.876. The first-order chi connectivity index (χ1) is 12.1. The van der Waals surface area contributed by atoms with Crippen LogP contribution in [0.5, 0.6) is 0 Å². The maximum absolute atomic E-state index is 12.6. The minimum Gasteiger partial charge on any atom is -0.380 e. The fourth-order valence-corrected chi connectivity index (χ4v) is 2.81. The van der Waals surface area contributed by atoms with Gasteiger partial charge in [0.1, 0.15) is 5.82 Å². The van der Waals surface area contributed by atoms with Crippen molar-refractivity contribution in [3.05, 3.63) is 65.5 Å². The summed E-state index contributed by atoms with van der Waals surface area (Å²) in [5.41, 5.74) is 3.54. The number of nitrogens with one attached hydrogen (secondary N) is 2. The topological polar surface area (TPSA) is 67.0 Å². The fourth-order valence-electron chi connectivity index (χ4n) is 2.81. The molecule has 5 heteroatoms. The fraction of sp³-hybridized carbons (Fsp3) is 0.300. The van der Waals surface area contributed by atoms with Crippen LogP contribution in [-0.2, 0) is 11.3 Å². The van der Waals surface area contributed by atoms with Crippen LogP contribution >= 0.6 is 0 Å². The predicted octanol–water partition coefficient (Wildman–Crippen LogP) is 3.84. The molecule has 130 valence electrons. The zero-order valence-corrected chi connectivity index (χ0v) is 14.7. The number of benzene rings is 2. The van der Waals surface area contributed by atoms with Gasteiger partial charge in [0.2, 0.25) is 0 Å². The minimum atomic E-state index is -0.182. The lowest BCUT2D eigenvalue weighted by molar-refractivity contribution is 0.0923. The molecule has 0 bridgehead atoms. The summed E-state index contributed by atoms with van der Waals surface area (Å²) in [6, 6.07) is 15.1. The predicted molar refractivity (Wildman–Crippen MR) is 98.3 cm³/mol. The SMILES string of the molecule is COCc1ccc(C(=O)NC(c2nc3ccccc3[nH]2)C(C)C)cc1. The van der Waals surface area contributed by atoms with E-state index in [1.807, 2.05) is 48.5 Å². The Hall–Kier alpha value is -2.66. The largest absolute Gasteiger partial charge is 0.380 e. The summed E-state index contributed by atoms with van der Waals surface area (Å²) in [6.45, 7) is 4.68. The lowest BCUT2D eigenvalue weighted by atomic mass is 10.0. The van der Waals surface area contributed by atoms with Crippen molar-refractivity contribution in [1.82, 2.24) is 15.3 Å². The number of fused-ring (bicyclic) bond motifs is 1. The van der Waals surface area contributed by atoms with Crippen LogP contribution in [0.25, 0.3) is 11.0 Å². The van der Waals surface area contributed by atoms with E-state index in [1.54, 1.807) is 7.11 Å². The molecule has 0 aliphatic rings. The molecule has 1 heterocycles. The quantitative estimate of drug-likeness (QED) is 0.718. The molecule has 0 fully saturated rings. The normalized spacial score (nSPS) is 12.5. The zero-order chi connectivity index (χ0) is 17.8. The number of para-hydroxylation sites is 2. The number of hydrogen-bond donors (Lipinski definition) is 2. The van der Waals surface area contributed by atoms with Gasteiger partial charge in [-0.15, -0.1) is 0 Å². The molecule has 3 rings (SSSR count). The maximum atomic E-state index is 12.6. The third kappa shape index (κ3) is 3.88. The highest BCUT2D eigenvalue weighted by Gasteiger charge is 2.22. The third-order valence-electron chi connectivity index (χ3n) is 4.18. The zero-order valence-electron chi connectivity index (χ0n) is 14.7. The molecule has 0 saturated carbocycles. The number of methoxy groups -OCH3 is 1. The Morgan fingerprint density at radius 1 is 1.16 bits per heavy atom. The molecule has 1 amide bonds. The van der Waals surface area contributed by atoms with E-state index >= 15 is 0 Å². The van der Waals surface area contributed by atoms with Gasteiger partial charge in [0.05, 0.1) is 23.7 Å². The standard InChI is InChI=1S/C20H23N3O2/c1-13(2)18(19-21-16-6-4-5-7-17(16)22-19)23-20(24)15-10-8-14(9-11-15)12-25-3/h4-11,13,18H,12H2,1-3H3,(H,21,22)(H,23,24). The van der Waals surface area contributed by atoms with Crippen LogP contribution in [0.2, 0.25) is 0 Å². The average Bonchev–Trinajstić information content (AvgIpc) is 3.03. The number of carbonyl (C=O) groups is 1. The van der Waals surface area contributed by atoms with Crippen LogP contribution in [-0.4, -0.2) is 23.0 Å². The molecule has 1 atom stereocenters. The smallest absolute Gasteiger partial charge is 0.251 e. The highest BCUT2D eigenvalue weighted by molar-refractivity contribution is 5.94. The van der Waals surface area contributed by atoms with Gasteiger partial charge in [-0.25, -0.2) is 4.98 Å². The first kappa shape index (κ1) is 17.2. The van der Waals surface area contributed by atoms with Crippen molar-refractivity contribution in [3.8, 4) is 0 Å². The highest BCUT2D eigenvalue weighted by atomic mass is 16.5. The van der Waals surface area contributed by atoms with Crippen LogP contribution in [0.4, 0.5) is 0 Å². The average molecular weight is 337 g/mol. The van der Waals surface area contributed by atoms with Crippen molar-refractivity contribution >= 4 is 16.9 Å². The molecule has 1 unspecified atom stereocenters. The van der Waals surface area contributed by atoms with Crippen LogP contribution in [0.15, 0.2) is 48.5 Å². The van der Waals surface area contributed by atoms with Gasteiger partial charge in [0.25, 0.3) is 5.91 Å². The van der Waals surface area contributed by atoms with Crippen molar-refractivity contribution in [2.45, 2.75) is 26.5 Å². The van der Waals surface area contributed by atoms with Crippen LogP contribution in [0.3, 0.4) is 0 Å². The number of aromatic amines is 1. The monoisotopic (exact) mass is 337 g/mol. The Bertz CT molecular complexity index is 820. The molecule has 0 radical (unpaired) electrons. The number of amides is 1.